The lowest BCUT2D eigenvalue weighted by molar-refractivity contribution is -0.125. The van der Waals surface area contributed by atoms with Crippen LogP contribution >= 0.6 is 0 Å². The van der Waals surface area contributed by atoms with Crippen LogP contribution in [0.15, 0.2) is 66.9 Å². The molecule has 0 aliphatic carbocycles. The number of carbonyl (C=O) groups is 2. The summed E-state index contributed by atoms with van der Waals surface area (Å²) in [7, 11) is 0. The van der Waals surface area contributed by atoms with Crippen molar-refractivity contribution >= 4 is 17.5 Å². The van der Waals surface area contributed by atoms with Gasteiger partial charge in [0.2, 0.25) is 11.8 Å². The molecule has 0 fully saturated rings. The number of carbonyl (C=O) groups excluding carboxylic acids is 2. The first-order valence-electron chi connectivity index (χ1n) is 9.26. The molecule has 0 bridgehead atoms. The molecular weight excluding hydrogens is 389 g/mol. The summed E-state index contributed by atoms with van der Waals surface area (Å²) >= 11 is 0. The Morgan fingerprint density at radius 3 is 2.80 bits per heavy atom. The Bertz CT molecular complexity index is 1070. The van der Waals surface area contributed by atoms with Gasteiger partial charge < -0.3 is 14.8 Å². The van der Waals surface area contributed by atoms with Crippen LogP contribution in [0.1, 0.15) is 5.56 Å². The van der Waals surface area contributed by atoms with Gasteiger partial charge in [0.25, 0.3) is 5.91 Å². The zero-order valence-electron chi connectivity index (χ0n) is 15.9. The summed E-state index contributed by atoms with van der Waals surface area (Å²) in [6.45, 7) is 0.0310. The number of benzene rings is 2. The van der Waals surface area contributed by atoms with Crippen molar-refractivity contribution in [2.24, 2.45) is 0 Å². The average Bonchev–Trinajstić information content (AvgIpc) is 2.76. The summed E-state index contributed by atoms with van der Waals surface area (Å²) in [4.78, 5) is 30.1. The highest BCUT2D eigenvalue weighted by atomic mass is 19.1. The predicted octanol–water partition coefficient (Wildman–Crippen LogP) is 3.05. The van der Waals surface area contributed by atoms with Gasteiger partial charge in [0, 0.05) is 18.8 Å². The highest BCUT2D eigenvalue weighted by Crippen LogP contribution is 2.31. The second kappa shape index (κ2) is 8.60. The molecule has 2 aromatic carbocycles. The number of nitrogens with zero attached hydrogens (tertiary/aromatic N) is 2. The lowest BCUT2D eigenvalue weighted by Crippen LogP contribution is -2.45. The van der Waals surface area contributed by atoms with E-state index in [1.54, 1.807) is 36.5 Å². The zero-order valence-corrected chi connectivity index (χ0v) is 15.9. The lowest BCUT2D eigenvalue weighted by Gasteiger charge is -2.28. The van der Waals surface area contributed by atoms with E-state index in [1.165, 1.54) is 29.2 Å². The second-order valence-electron chi connectivity index (χ2n) is 6.57. The van der Waals surface area contributed by atoms with E-state index in [9.17, 15) is 14.0 Å². The second-order valence-corrected chi connectivity index (χ2v) is 6.57. The molecule has 4 rings (SSSR count). The molecule has 0 radical (unpaired) electrons. The van der Waals surface area contributed by atoms with Gasteiger partial charge in [-0.15, -0.1) is 0 Å². The summed E-state index contributed by atoms with van der Waals surface area (Å²) in [6, 6.07) is 16.1. The number of hydrogen-bond donors (Lipinski definition) is 1. The third-order valence-electron chi connectivity index (χ3n) is 4.43. The largest absolute Gasteiger partial charge is 0.482 e. The van der Waals surface area contributed by atoms with Gasteiger partial charge >= 0.3 is 0 Å². The average molecular weight is 407 g/mol. The first kappa shape index (κ1) is 19.4. The maximum absolute atomic E-state index is 13.0. The molecule has 1 aromatic heterocycles. The quantitative estimate of drug-likeness (QED) is 0.679. The zero-order chi connectivity index (χ0) is 20.9. The molecule has 7 nitrogen and oxygen atoms in total. The van der Waals surface area contributed by atoms with Crippen molar-refractivity contribution in [1.82, 2.24) is 10.3 Å². The van der Waals surface area contributed by atoms with Crippen molar-refractivity contribution in [3.63, 3.8) is 0 Å². The normalized spacial score (nSPS) is 12.7. The molecule has 3 aromatic rings. The van der Waals surface area contributed by atoms with E-state index >= 15 is 0 Å². The summed E-state index contributed by atoms with van der Waals surface area (Å²) in [5.74, 6) is 0.413. The van der Waals surface area contributed by atoms with Crippen LogP contribution in [0.25, 0.3) is 0 Å². The van der Waals surface area contributed by atoms with Crippen molar-refractivity contribution < 1.29 is 23.5 Å². The van der Waals surface area contributed by atoms with Gasteiger partial charge in [0.05, 0.1) is 5.69 Å². The van der Waals surface area contributed by atoms with E-state index in [0.717, 1.165) is 5.56 Å². The Morgan fingerprint density at radius 2 is 1.97 bits per heavy atom. The Labute approximate surface area is 172 Å². The number of hydrogen-bond acceptors (Lipinski definition) is 5. The molecule has 0 saturated heterocycles. The molecule has 2 amide bonds. The van der Waals surface area contributed by atoms with Crippen LogP contribution < -0.4 is 19.7 Å². The summed E-state index contributed by atoms with van der Waals surface area (Å²) in [5.41, 5.74) is 1.34. The van der Waals surface area contributed by atoms with Crippen LogP contribution in [-0.2, 0) is 16.1 Å². The van der Waals surface area contributed by atoms with Crippen LogP contribution in [0, 0.1) is 5.82 Å². The monoisotopic (exact) mass is 407 g/mol. The third kappa shape index (κ3) is 4.54. The van der Waals surface area contributed by atoms with Gasteiger partial charge in [-0.2, -0.15) is 0 Å². The molecule has 8 heteroatoms. The van der Waals surface area contributed by atoms with Crippen LogP contribution in [0.5, 0.6) is 17.4 Å². The number of halogens is 1. The van der Waals surface area contributed by atoms with Gasteiger partial charge in [0.15, 0.2) is 6.61 Å². The van der Waals surface area contributed by atoms with Gasteiger partial charge in [-0.25, -0.2) is 9.37 Å². The number of ether oxygens (including phenoxy) is 2. The Balaban J connectivity index is 1.36. The van der Waals surface area contributed by atoms with E-state index in [2.05, 4.69) is 10.3 Å². The van der Waals surface area contributed by atoms with Crippen LogP contribution in [0.2, 0.25) is 0 Å². The standard InChI is InChI=1S/C22H18FN3O4/c23-16-5-7-17(8-6-16)30-21-11-15(9-10-24-21)12-25-20(27)13-26-18-3-1-2-4-19(18)29-14-22(26)28/h1-11H,12-14H2,(H,25,27). The van der Waals surface area contributed by atoms with Crippen molar-refractivity contribution in [3.8, 4) is 17.4 Å². The van der Waals surface area contributed by atoms with Gasteiger partial charge in [-0.3, -0.25) is 14.5 Å². The number of anilines is 1. The third-order valence-corrected chi connectivity index (χ3v) is 4.43. The molecular formula is C22H18FN3O4. The SMILES string of the molecule is O=C(CN1C(=O)COc2ccccc21)NCc1ccnc(Oc2ccc(F)cc2)c1. The van der Waals surface area contributed by atoms with E-state index in [4.69, 9.17) is 9.47 Å². The molecule has 0 atom stereocenters. The van der Waals surface area contributed by atoms with E-state index in [-0.39, 0.29) is 37.3 Å². The Hall–Kier alpha value is -3.94. The van der Waals surface area contributed by atoms with E-state index in [1.807, 2.05) is 6.07 Å². The van der Waals surface area contributed by atoms with Crippen molar-refractivity contribution in [3.05, 3.63) is 78.2 Å². The minimum atomic E-state index is -0.354. The smallest absolute Gasteiger partial charge is 0.265 e. The summed E-state index contributed by atoms with van der Waals surface area (Å²) in [5, 5.41) is 2.79. The predicted molar refractivity (Wildman–Crippen MR) is 107 cm³/mol. The van der Waals surface area contributed by atoms with Crippen LogP contribution in [0.3, 0.4) is 0 Å². The van der Waals surface area contributed by atoms with Gasteiger partial charge in [-0.05, 0) is 48.0 Å². The number of para-hydroxylation sites is 2. The highest BCUT2D eigenvalue weighted by molar-refractivity contribution is 6.02. The number of fused-ring (bicyclic) bond motifs is 1. The molecule has 2 heterocycles. The van der Waals surface area contributed by atoms with E-state index in [0.29, 0.717) is 23.1 Å². The van der Waals surface area contributed by atoms with Crippen LogP contribution in [-0.4, -0.2) is 29.9 Å². The number of amides is 2. The number of rotatable bonds is 6. The molecule has 0 spiro atoms. The van der Waals surface area contributed by atoms with Crippen molar-refractivity contribution in [2.75, 3.05) is 18.1 Å². The van der Waals surface area contributed by atoms with E-state index < -0.39 is 0 Å². The first-order valence-corrected chi connectivity index (χ1v) is 9.26. The number of nitrogens with one attached hydrogen (secondary N) is 1. The first-order chi connectivity index (χ1) is 14.6. The maximum Gasteiger partial charge on any atom is 0.265 e. The summed E-state index contributed by atoms with van der Waals surface area (Å²) < 4.78 is 24.0. The molecule has 0 unspecified atom stereocenters. The Morgan fingerprint density at radius 1 is 1.17 bits per heavy atom. The van der Waals surface area contributed by atoms with Crippen LogP contribution in [0.4, 0.5) is 10.1 Å². The molecule has 30 heavy (non-hydrogen) atoms. The summed E-state index contributed by atoms with van der Waals surface area (Å²) in [6.07, 6.45) is 1.56. The van der Waals surface area contributed by atoms with Gasteiger partial charge in [-0.1, -0.05) is 12.1 Å². The molecule has 1 N–H and O–H groups in total. The minimum Gasteiger partial charge on any atom is -0.482 e. The maximum atomic E-state index is 13.0. The molecule has 0 saturated carbocycles. The van der Waals surface area contributed by atoms with Crippen molar-refractivity contribution in [1.29, 1.82) is 0 Å². The lowest BCUT2D eigenvalue weighted by atomic mass is 10.2. The fraction of sp³-hybridized carbons (Fsp3) is 0.136. The minimum absolute atomic E-state index is 0.0985. The topological polar surface area (TPSA) is 80.8 Å². The molecule has 1 aliphatic rings. The number of pyridine rings is 1. The molecule has 152 valence electrons. The van der Waals surface area contributed by atoms with Gasteiger partial charge in [0.1, 0.15) is 23.9 Å². The number of aromatic nitrogens is 1. The highest BCUT2D eigenvalue weighted by Gasteiger charge is 2.26. The molecule has 1 aliphatic heterocycles. The fourth-order valence-electron chi connectivity index (χ4n) is 2.97. The fourth-order valence-corrected chi connectivity index (χ4v) is 2.97. The van der Waals surface area contributed by atoms with Crippen molar-refractivity contribution in [2.45, 2.75) is 6.54 Å². The Kier molecular flexibility index (Phi) is 5.56.